The fraction of sp³-hybridized carbons (Fsp3) is 0.364. The number of amides is 1. The van der Waals surface area contributed by atoms with Gasteiger partial charge >= 0.3 is 5.97 Å². The summed E-state index contributed by atoms with van der Waals surface area (Å²) in [5.41, 5.74) is 0.511. The van der Waals surface area contributed by atoms with Crippen LogP contribution >= 0.6 is 11.6 Å². The number of nitrogens with one attached hydrogen (secondary N) is 1. The Morgan fingerprint density at radius 1 is 1.16 bits per heavy atom. The maximum atomic E-state index is 13.3. The van der Waals surface area contributed by atoms with E-state index in [1.807, 2.05) is 6.92 Å². The molecule has 1 aliphatic heterocycles. The molecule has 0 spiro atoms. The van der Waals surface area contributed by atoms with E-state index in [9.17, 15) is 18.0 Å². The van der Waals surface area contributed by atoms with Crippen molar-refractivity contribution in [1.82, 2.24) is 4.31 Å². The van der Waals surface area contributed by atoms with E-state index in [4.69, 9.17) is 21.1 Å². The van der Waals surface area contributed by atoms with Crippen molar-refractivity contribution in [3.8, 4) is 5.75 Å². The second-order valence-electron chi connectivity index (χ2n) is 7.46. The van der Waals surface area contributed by atoms with Gasteiger partial charge in [-0.2, -0.15) is 4.31 Å². The van der Waals surface area contributed by atoms with Gasteiger partial charge in [-0.1, -0.05) is 18.0 Å². The molecule has 172 valence electrons. The molecule has 1 saturated heterocycles. The number of methoxy groups -OCH3 is 1. The molecule has 0 aromatic heterocycles. The summed E-state index contributed by atoms with van der Waals surface area (Å²) in [7, 11) is -2.51. The smallest absolute Gasteiger partial charge is 0.338 e. The minimum atomic E-state index is -3.88. The highest BCUT2D eigenvalue weighted by Gasteiger charge is 2.33. The van der Waals surface area contributed by atoms with E-state index in [0.29, 0.717) is 17.3 Å². The van der Waals surface area contributed by atoms with Gasteiger partial charge in [0.2, 0.25) is 10.0 Å². The summed E-state index contributed by atoms with van der Waals surface area (Å²) >= 11 is 5.81. The predicted octanol–water partition coefficient (Wildman–Crippen LogP) is 3.71. The number of hydrogen-bond acceptors (Lipinski definition) is 6. The minimum Gasteiger partial charge on any atom is -0.495 e. The van der Waals surface area contributed by atoms with E-state index in [0.717, 1.165) is 19.3 Å². The van der Waals surface area contributed by atoms with Gasteiger partial charge < -0.3 is 14.8 Å². The normalized spacial score (nSPS) is 16.9. The maximum Gasteiger partial charge on any atom is 0.338 e. The van der Waals surface area contributed by atoms with E-state index < -0.39 is 28.5 Å². The third kappa shape index (κ3) is 5.59. The zero-order valence-electron chi connectivity index (χ0n) is 17.8. The van der Waals surface area contributed by atoms with Gasteiger partial charge in [0.15, 0.2) is 6.61 Å². The van der Waals surface area contributed by atoms with Gasteiger partial charge in [-0.25, -0.2) is 13.2 Å². The summed E-state index contributed by atoms with van der Waals surface area (Å²) in [5.74, 6) is -1.22. The molecule has 0 radical (unpaired) electrons. The zero-order chi connectivity index (χ0) is 23.3. The molecule has 0 bridgehead atoms. The molecule has 8 nitrogen and oxygen atoms in total. The lowest BCUT2D eigenvalue weighted by atomic mass is 10.1. The van der Waals surface area contributed by atoms with Crippen molar-refractivity contribution < 1.29 is 27.5 Å². The molecule has 1 aliphatic rings. The lowest BCUT2D eigenvalue weighted by Gasteiger charge is -2.32. The van der Waals surface area contributed by atoms with Gasteiger partial charge in [-0.15, -0.1) is 0 Å². The molecule has 1 fully saturated rings. The molecule has 10 heteroatoms. The number of ether oxygens (including phenoxy) is 2. The monoisotopic (exact) mass is 480 g/mol. The highest BCUT2D eigenvalue weighted by atomic mass is 35.5. The van der Waals surface area contributed by atoms with Crippen molar-refractivity contribution in [1.29, 1.82) is 0 Å². The molecule has 3 rings (SSSR count). The molecule has 32 heavy (non-hydrogen) atoms. The van der Waals surface area contributed by atoms with E-state index >= 15 is 0 Å². The molecular weight excluding hydrogens is 456 g/mol. The summed E-state index contributed by atoms with van der Waals surface area (Å²) in [6.07, 6.45) is 2.51. The molecule has 2 aromatic carbocycles. The van der Waals surface area contributed by atoms with Crippen molar-refractivity contribution in [2.75, 3.05) is 25.6 Å². The quantitative estimate of drug-likeness (QED) is 0.606. The van der Waals surface area contributed by atoms with E-state index in [1.165, 1.54) is 29.6 Å². The van der Waals surface area contributed by atoms with Gasteiger partial charge in [0.05, 0.1) is 12.7 Å². The summed E-state index contributed by atoms with van der Waals surface area (Å²) in [4.78, 5) is 24.5. The van der Waals surface area contributed by atoms with Crippen LogP contribution in [0, 0.1) is 0 Å². The first kappa shape index (κ1) is 24.0. The largest absolute Gasteiger partial charge is 0.495 e. The fourth-order valence-electron chi connectivity index (χ4n) is 3.51. The summed E-state index contributed by atoms with van der Waals surface area (Å²) < 4.78 is 38.3. The van der Waals surface area contributed by atoms with Crippen molar-refractivity contribution in [2.24, 2.45) is 0 Å². The van der Waals surface area contributed by atoms with Crippen LogP contribution in [-0.2, 0) is 19.6 Å². The van der Waals surface area contributed by atoms with Gasteiger partial charge in [-0.05, 0) is 62.2 Å². The first-order valence-electron chi connectivity index (χ1n) is 10.1. The van der Waals surface area contributed by atoms with E-state index in [1.54, 1.807) is 24.3 Å². The average molecular weight is 481 g/mol. The molecule has 0 saturated carbocycles. The first-order valence-corrected chi connectivity index (χ1v) is 12.0. The van der Waals surface area contributed by atoms with Crippen molar-refractivity contribution in [3.63, 3.8) is 0 Å². The fourth-order valence-corrected chi connectivity index (χ4v) is 5.51. The molecule has 1 amide bonds. The minimum absolute atomic E-state index is 0.00771. The summed E-state index contributed by atoms with van der Waals surface area (Å²) in [5, 5.41) is 3.11. The van der Waals surface area contributed by atoms with Crippen molar-refractivity contribution in [3.05, 3.63) is 53.1 Å². The predicted molar refractivity (Wildman–Crippen MR) is 121 cm³/mol. The third-order valence-electron chi connectivity index (χ3n) is 5.19. The number of benzene rings is 2. The molecule has 1 N–H and O–H groups in total. The van der Waals surface area contributed by atoms with E-state index in [-0.39, 0.29) is 22.3 Å². The highest BCUT2D eigenvalue weighted by Crippen LogP contribution is 2.31. The number of anilines is 1. The standard InChI is InChI=1S/C22H25ClN2O6S/c1-15-5-3-4-12-25(15)32(28,29)20-13-16(6-11-19(20)30-2)22(27)31-14-21(26)24-18-9-7-17(23)8-10-18/h6-11,13,15H,3-5,12,14H2,1-2H3,(H,24,26). The Bertz CT molecular complexity index is 1090. The van der Waals surface area contributed by atoms with Crippen LogP contribution in [0.25, 0.3) is 0 Å². The summed E-state index contributed by atoms with van der Waals surface area (Å²) in [6.45, 7) is 1.74. The maximum absolute atomic E-state index is 13.3. The lowest BCUT2D eigenvalue weighted by Crippen LogP contribution is -2.42. The van der Waals surface area contributed by atoms with Crippen LogP contribution in [0.4, 0.5) is 5.69 Å². The highest BCUT2D eigenvalue weighted by molar-refractivity contribution is 7.89. The average Bonchev–Trinajstić information content (AvgIpc) is 2.78. The van der Waals surface area contributed by atoms with Crippen molar-refractivity contribution in [2.45, 2.75) is 37.1 Å². The second-order valence-corrected chi connectivity index (χ2v) is 9.75. The Balaban J connectivity index is 1.73. The van der Waals surface area contributed by atoms with Crippen LogP contribution in [0.5, 0.6) is 5.75 Å². The number of esters is 1. The zero-order valence-corrected chi connectivity index (χ0v) is 19.4. The number of carbonyl (C=O) groups excluding carboxylic acids is 2. The van der Waals surface area contributed by atoms with Gasteiger partial charge in [-0.3, -0.25) is 4.79 Å². The number of rotatable bonds is 7. The van der Waals surface area contributed by atoms with E-state index in [2.05, 4.69) is 5.32 Å². The van der Waals surface area contributed by atoms with Crippen LogP contribution in [0.15, 0.2) is 47.4 Å². The summed E-state index contributed by atoms with van der Waals surface area (Å²) in [6, 6.07) is 10.4. The number of halogens is 1. The number of sulfonamides is 1. The number of piperidine rings is 1. The van der Waals surface area contributed by atoms with Crippen LogP contribution in [0.2, 0.25) is 5.02 Å². The Hall–Kier alpha value is -2.62. The molecule has 1 heterocycles. The molecular formula is C22H25ClN2O6S. The molecule has 2 aromatic rings. The van der Waals surface area contributed by atoms with Crippen LogP contribution < -0.4 is 10.1 Å². The van der Waals surface area contributed by atoms with Crippen LogP contribution in [0.3, 0.4) is 0 Å². The third-order valence-corrected chi connectivity index (χ3v) is 7.48. The number of nitrogens with zero attached hydrogens (tertiary/aromatic N) is 1. The Morgan fingerprint density at radius 2 is 1.88 bits per heavy atom. The SMILES string of the molecule is COc1ccc(C(=O)OCC(=O)Nc2ccc(Cl)cc2)cc1S(=O)(=O)N1CCCCC1C. The molecule has 0 aliphatic carbocycles. The Labute approximate surface area is 192 Å². The number of carbonyl (C=O) groups is 2. The molecule has 1 atom stereocenters. The lowest BCUT2D eigenvalue weighted by molar-refractivity contribution is -0.119. The number of hydrogen-bond donors (Lipinski definition) is 1. The molecule has 1 unspecified atom stereocenters. The van der Waals surface area contributed by atoms with Gasteiger partial charge in [0.1, 0.15) is 10.6 Å². The topological polar surface area (TPSA) is 102 Å². The van der Waals surface area contributed by atoms with Crippen LogP contribution in [0.1, 0.15) is 36.5 Å². The Morgan fingerprint density at radius 3 is 2.53 bits per heavy atom. The first-order chi connectivity index (χ1) is 15.2. The van der Waals surface area contributed by atoms with Gasteiger partial charge in [0, 0.05) is 23.3 Å². The van der Waals surface area contributed by atoms with Crippen LogP contribution in [-0.4, -0.2) is 50.9 Å². The van der Waals surface area contributed by atoms with Crippen molar-refractivity contribution >= 4 is 39.2 Å². The second kappa shape index (κ2) is 10.3. The van der Waals surface area contributed by atoms with Gasteiger partial charge in [0.25, 0.3) is 5.91 Å². The Kier molecular flexibility index (Phi) is 7.76.